The zero-order valence-corrected chi connectivity index (χ0v) is 20.5. The molecular formula is C28H25NO6S. The van der Waals surface area contributed by atoms with E-state index in [2.05, 4.69) is 5.32 Å². The van der Waals surface area contributed by atoms with Gasteiger partial charge < -0.3 is 19.2 Å². The van der Waals surface area contributed by atoms with E-state index in [1.54, 1.807) is 36.0 Å². The van der Waals surface area contributed by atoms with Gasteiger partial charge in [0.05, 0.1) is 11.8 Å². The van der Waals surface area contributed by atoms with Gasteiger partial charge in [-0.05, 0) is 48.3 Å². The molecule has 4 aromatic rings. The maximum absolute atomic E-state index is 12.9. The van der Waals surface area contributed by atoms with Crippen molar-refractivity contribution in [2.24, 2.45) is 0 Å². The number of amides is 1. The molecule has 3 aromatic carbocycles. The first-order valence-electron chi connectivity index (χ1n) is 11.4. The van der Waals surface area contributed by atoms with E-state index in [4.69, 9.17) is 13.9 Å². The van der Waals surface area contributed by atoms with Crippen LogP contribution < -0.4 is 20.2 Å². The van der Waals surface area contributed by atoms with Gasteiger partial charge >= 0.3 is 5.97 Å². The molecule has 0 spiro atoms. The minimum Gasteiger partial charge on any atom is -0.460 e. The van der Waals surface area contributed by atoms with Crippen LogP contribution in [-0.4, -0.2) is 29.9 Å². The largest absolute Gasteiger partial charge is 0.460 e. The lowest BCUT2D eigenvalue weighted by atomic mass is 10.1. The van der Waals surface area contributed by atoms with Gasteiger partial charge in [-0.2, -0.15) is 11.8 Å². The molecule has 1 heterocycles. The Kier molecular flexibility index (Phi) is 8.41. The van der Waals surface area contributed by atoms with E-state index >= 15 is 0 Å². The zero-order chi connectivity index (χ0) is 25.3. The van der Waals surface area contributed by atoms with E-state index in [1.807, 2.05) is 42.7 Å². The van der Waals surface area contributed by atoms with Crippen LogP contribution in [0.15, 0.2) is 94.3 Å². The molecule has 1 atom stereocenters. The Morgan fingerprint density at radius 3 is 2.42 bits per heavy atom. The third kappa shape index (κ3) is 6.55. The maximum Gasteiger partial charge on any atom is 0.334 e. The molecule has 184 valence electrons. The van der Waals surface area contributed by atoms with Crippen LogP contribution in [0.3, 0.4) is 0 Å². The lowest BCUT2D eigenvalue weighted by molar-refractivity contribution is -0.139. The van der Waals surface area contributed by atoms with Crippen molar-refractivity contribution in [2.45, 2.75) is 18.9 Å². The van der Waals surface area contributed by atoms with Crippen LogP contribution in [-0.2, 0) is 16.0 Å². The number of carbonyl (C=O) groups is 2. The first kappa shape index (κ1) is 25.1. The summed E-state index contributed by atoms with van der Waals surface area (Å²) in [5, 5.41) is 3.07. The number of esters is 1. The second-order valence-corrected chi connectivity index (χ2v) is 8.97. The van der Waals surface area contributed by atoms with E-state index < -0.39 is 12.0 Å². The van der Waals surface area contributed by atoms with Crippen molar-refractivity contribution in [3.05, 3.63) is 101 Å². The molecule has 0 radical (unpaired) electrons. The monoisotopic (exact) mass is 503 g/mol. The standard InChI is InChI=1S/C28H25NO6S/c1-36-15-14-23(29-26(30)16-19-8-4-2-5-9-19)28(32)35-21-12-13-22-24(17-21)33-18-25(27(22)31)34-20-10-6-3-7-11-20/h2-13,17-18,23H,14-16H2,1H3,(H,29,30). The lowest BCUT2D eigenvalue weighted by Gasteiger charge is -2.17. The number of benzene rings is 3. The number of hydrogen-bond acceptors (Lipinski definition) is 7. The third-order valence-electron chi connectivity index (χ3n) is 5.34. The summed E-state index contributed by atoms with van der Waals surface area (Å²) in [7, 11) is 0. The second-order valence-electron chi connectivity index (χ2n) is 7.99. The summed E-state index contributed by atoms with van der Waals surface area (Å²) in [5.74, 6) is 0.592. The number of carbonyl (C=O) groups excluding carboxylic acids is 2. The highest BCUT2D eigenvalue weighted by Crippen LogP contribution is 2.24. The summed E-state index contributed by atoms with van der Waals surface area (Å²) < 4.78 is 16.8. The SMILES string of the molecule is CSCCC(NC(=O)Cc1ccccc1)C(=O)Oc1ccc2c(=O)c(Oc3ccccc3)coc2c1. The Bertz CT molecular complexity index is 1390. The fourth-order valence-corrected chi connectivity index (χ4v) is 4.01. The fraction of sp³-hybridized carbons (Fsp3) is 0.179. The van der Waals surface area contributed by atoms with Crippen molar-refractivity contribution in [1.82, 2.24) is 5.32 Å². The normalized spacial score (nSPS) is 11.6. The topological polar surface area (TPSA) is 94.8 Å². The molecule has 0 saturated carbocycles. The van der Waals surface area contributed by atoms with Crippen LogP contribution in [0.2, 0.25) is 0 Å². The number of rotatable bonds is 10. The molecule has 1 amide bonds. The van der Waals surface area contributed by atoms with Gasteiger partial charge in [0.25, 0.3) is 0 Å². The predicted octanol–water partition coefficient (Wildman–Crippen LogP) is 4.97. The van der Waals surface area contributed by atoms with Gasteiger partial charge in [-0.25, -0.2) is 4.79 Å². The van der Waals surface area contributed by atoms with Crippen molar-refractivity contribution < 1.29 is 23.5 Å². The van der Waals surface area contributed by atoms with Gasteiger partial charge in [-0.3, -0.25) is 9.59 Å². The van der Waals surface area contributed by atoms with E-state index in [0.29, 0.717) is 23.3 Å². The summed E-state index contributed by atoms with van der Waals surface area (Å²) >= 11 is 1.57. The van der Waals surface area contributed by atoms with Crippen molar-refractivity contribution >= 4 is 34.6 Å². The molecule has 36 heavy (non-hydrogen) atoms. The van der Waals surface area contributed by atoms with Crippen LogP contribution in [0.25, 0.3) is 11.0 Å². The molecular weight excluding hydrogens is 478 g/mol. The smallest absolute Gasteiger partial charge is 0.334 e. The number of thioether (sulfide) groups is 1. The van der Waals surface area contributed by atoms with Gasteiger partial charge in [0.1, 0.15) is 29.4 Å². The predicted molar refractivity (Wildman–Crippen MR) is 140 cm³/mol. The van der Waals surface area contributed by atoms with Crippen molar-refractivity contribution in [3.8, 4) is 17.2 Å². The Balaban J connectivity index is 1.46. The summed E-state index contributed by atoms with van der Waals surface area (Å²) in [6, 6.07) is 21.9. The summed E-state index contributed by atoms with van der Waals surface area (Å²) in [6.45, 7) is 0. The van der Waals surface area contributed by atoms with Crippen LogP contribution in [0.1, 0.15) is 12.0 Å². The molecule has 1 aromatic heterocycles. The molecule has 0 fully saturated rings. The first-order chi connectivity index (χ1) is 17.5. The number of nitrogens with one attached hydrogen (secondary N) is 1. The van der Waals surface area contributed by atoms with Crippen molar-refractivity contribution in [1.29, 1.82) is 0 Å². The van der Waals surface area contributed by atoms with Gasteiger partial charge in [0.2, 0.25) is 17.1 Å². The van der Waals surface area contributed by atoms with Crippen LogP contribution in [0.4, 0.5) is 0 Å². The van der Waals surface area contributed by atoms with Crippen LogP contribution in [0, 0.1) is 0 Å². The molecule has 1 unspecified atom stereocenters. The molecule has 0 aliphatic heterocycles. The molecule has 0 saturated heterocycles. The number of para-hydroxylation sites is 1. The highest BCUT2D eigenvalue weighted by atomic mass is 32.2. The van der Waals surface area contributed by atoms with Crippen molar-refractivity contribution in [2.75, 3.05) is 12.0 Å². The highest BCUT2D eigenvalue weighted by Gasteiger charge is 2.23. The minimum atomic E-state index is -0.807. The Morgan fingerprint density at radius 1 is 0.972 bits per heavy atom. The Morgan fingerprint density at radius 2 is 1.69 bits per heavy atom. The fourth-order valence-electron chi connectivity index (χ4n) is 3.54. The average Bonchev–Trinajstić information content (AvgIpc) is 2.89. The van der Waals surface area contributed by atoms with E-state index in [1.165, 1.54) is 24.5 Å². The Labute approximate surface area is 212 Å². The first-order valence-corrected chi connectivity index (χ1v) is 12.8. The average molecular weight is 504 g/mol. The molecule has 0 aliphatic carbocycles. The van der Waals surface area contributed by atoms with Gasteiger partial charge in [-0.15, -0.1) is 0 Å². The molecule has 4 rings (SSSR count). The zero-order valence-electron chi connectivity index (χ0n) is 19.6. The van der Waals surface area contributed by atoms with Crippen LogP contribution in [0.5, 0.6) is 17.2 Å². The summed E-state index contributed by atoms with van der Waals surface area (Å²) in [6.07, 6.45) is 3.74. The minimum absolute atomic E-state index is 0.0525. The summed E-state index contributed by atoms with van der Waals surface area (Å²) in [5.41, 5.74) is 0.760. The maximum atomic E-state index is 12.9. The molecule has 0 bridgehead atoms. The van der Waals surface area contributed by atoms with E-state index in [-0.39, 0.29) is 34.8 Å². The Hall–Kier alpha value is -4.04. The van der Waals surface area contributed by atoms with E-state index in [9.17, 15) is 14.4 Å². The number of fused-ring (bicyclic) bond motifs is 1. The molecule has 7 nitrogen and oxygen atoms in total. The quantitative estimate of drug-likeness (QED) is 0.241. The van der Waals surface area contributed by atoms with Gasteiger partial charge in [0.15, 0.2) is 0 Å². The van der Waals surface area contributed by atoms with Crippen LogP contribution >= 0.6 is 11.8 Å². The lowest BCUT2D eigenvalue weighted by Crippen LogP contribution is -2.44. The highest BCUT2D eigenvalue weighted by molar-refractivity contribution is 7.98. The summed E-state index contributed by atoms with van der Waals surface area (Å²) in [4.78, 5) is 38.3. The number of hydrogen-bond donors (Lipinski definition) is 1. The third-order valence-corrected chi connectivity index (χ3v) is 5.99. The van der Waals surface area contributed by atoms with Gasteiger partial charge in [0, 0.05) is 6.07 Å². The number of ether oxygens (including phenoxy) is 2. The molecule has 0 aliphatic rings. The second kappa shape index (κ2) is 12.1. The molecule has 8 heteroatoms. The van der Waals surface area contributed by atoms with Gasteiger partial charge in [-0.1, -0.05) is 48.5 Å². The van der Waals surface area contributed by atoms with E-state index in [0.717, 1.165) is 5.56 Å². The van der Waals surface area contributed by atoms with Crippen molar-refractivity contribution in [3.63, 3.8) is 0 Å². The molecule has 1 N–H and O–H groups in total.